The molecule has 1 aromatic carbocycles. The van der Waals surface area contributed by atoms with Crippen molar-refractivity contribution in [2.24, 2.45) is 0 Å². The third-order valence-corrected chi connectivity index (χ3v) is 2.82. The maximum Gasteiger partial charge on any atom is 0.0393 e. The van der Waals surface area contributed by atoms with Gasteiger partial charge in [-0.2, -0.15) is 0 Å². The molecule has 0 spiro atoms. The standard InChI is InChI=1S/C17H14/c1-4-15-10-6-8-12-17(15)14(3)16-11-7-5-9-13(16)2/h4-7,9-11H,1,3H2,2H3. The zero-order valence-corrected chi connectivity index (χ0v) is 9.96. The van der Waals surface area contributed by atoms with Gasteiger partial charge in [0, 0.05) is 5.57 Å². The van der Waals surface area contributed by atoms with Crippen LogP contribution in [0.4, 0.5) is 0 Å². The van der Waals surface area contributed by atoms with Crippen molar-refractivity contribution in [3.8, 4) is 0 Å². The Kier molecular flexibility index (Phi) is 3.12. The van der Waals surface area contributed by atoms with Gasteiger partial charge in [-0.25, -0.2) is 0 Å². The predicted molar refractivity (Wildman–Crippen MR) is 73.6 cm³/mol. The number of benzene rings is 1. The van der Waals surface area contributed by atoms with E-state index < -0.39 is 0 Å². The number of hydrogen-bond acceptors (Lipinski definition) is 0. The summed E-state index contributed by atoms with van der Waals surface area (Å²) in [5.41, 5.74) is 11.4. The molecular weight excluding hydrogens is 204 g/mol. The van der Waals surface area contributed by atoms with E-state index in [-0.39, 0.29) is 0 Å². The van der Waals surface area contributed by atoms with Crippen molar-refractivity contribution in [3.63, 3.8) is 0 Å². The summed E-state index contributed by atoms with van der Waals surface area (Å²) < 4.78 is 0. The average Bonchev–Trinajstić information content (AvgIpc) is 2.38. The highest BCUT2D eigenvalue weighted by molar-refractivity contribution is 5.84. The summed E-state index contributed by atoms with van der Waals surface area (Å²) in [6.45, 7) is 10.1. The SMILES string of the molecule is C=CC1=CC=C=C=C1C(=C)c1ccccc1C. The zero-order chi connectivity index (χ0) is 12.3. The van der Waals surface area contributed by atoms with Crippen molar-refractivity contribution in [3.05, 3.63) is 89.4 Å². The van der Waals surface area contributed by atoms with Crippen molar-refractivity contribution in [2.45, 2.75) is 6.92 Å². The summed E-state index contributed by atoms with van der Waals surface area (Å²) in [6, 6.07) is 8.21. The molecule has 0 amide bonds. The minimum absolute atomic E-state index is 0.967. The minimum atomic E-state index is 0.967. The van der Waals surface area contributed by atoms with Crippen LogP contribution in [0.2, 0.25) is 0 Å². The highest BCUT2D eigenvalue weighted by Gasteiger charge is 2.10. The van der Waals surface area contributed by atoms with Gasteiger partial charge in [-0.1, -0.05) is 55.0 Å². The molecule has 0 heteroatoms. The fourth-order valence-corrected chi connectivity index (χ4v) is 1.87. The summed E-state index contributed by atoms with van der Waals surface area (Å²) in [6.07, 6.45) is 5.64. The molecule has 0 nitrogen and oxygen atoms in total. The topological polar surface area (TPSA) is 0 Å². The van der Waals surface area contributed by atoms with Crippen LogP contribution in [-0.4, -0.2) is 0 Å². The van der Waals surface area contributed by atoms with Crippen LogP contribution in [0.25, 0.3) is 5.57 Å². The molecule has 82 valence electrons. The van der Waals surface area contributed by atoms with Gasteiger partial charge in [0.05, 0.1) is 0 Å². The van der Waals surface area contributed by atoms with E-state index in [2.05, 4.69) is 43.7 Å². The molecule has 0 heterocycles. The van der Waals surface area contributed by atoms with Gasteiger partial charge < -0.3 is 0 Å². The Hall–Kier alpha value is -2.26. The second kappa shape index (κ2) is 4.72. The van der Waals surface area contributed by atoms with E-state index in [1.54, 1.807) is 0 Å². The molecular formula is C17H14. The maximum atomic E-state index is 4.17. The highest BCUT2D eigenvalue weighted by atomic mass is 14.1. The van der Waals surface area contributed by atoms with E-state index in [0.717, 1.165) is 22.3 Å². The molecule has 1 aliphatic rings. The molecule has 0 bridgehead atoms. The lowest BCUT2D eigenvalue weighted by atomic mass is 9.90. The van der Waals surface area contributed by atoms with Crippen LogP contribution < -0.4 is 0 Å². The number of allylic oxidation sites excluding steroid dienone is 6. The molecule has 0 unspecified atom stereocenters. The Balaban J connectivity index is 2.50. The second-order valence-corrected chi connectivity index (χ2v) is 3.93. The Morgan fingerprint density at radius 2 is 2.06 bits per heavy atom. The third-order valence-electron chi connectivity index (χ3n) is 2.82. The van der Waals surface area contributed by atoms with E-state index in [9.17, 15) is 0 Å². The maximum absolute atomic E-state index is 4.17. The van der Waals surface area contributed by atoms with Crippen LogP contribution in [0.5, 0.6) is 0 Å². The first-order chi connectivity index (χ1) is 8.24. The normalized spacial score (nSPS) is 13.0. The molecule has 0 radical (unpaired) electrons. The van der Waals surface area contributed by atoms with Crippen molar-refractivity contribution >= 4 is 5.57 Å². The summed E-state index contributed by atoms with van der Waals surface area (Å²) in [4.78, 5) is 0. The molecule has 17 heavy (non-hydrogen) atoms. The first-order valence-electron chi connectivity index (χ1n) is 5.54. The van der Waals surface area contributed by atoms with Crippen LogP contribution in [0.3, 0.4) is 0 Å². The molecule has 2 rings (SSSR count). The van der Waals surface area contributed by atoms with Gasteiger partial charge >= 0.3 is 0 Å². The first-order valence-corrected chi connectivity index (χ1v) is 5.54. The monoisotopic (exact) mass is 218 g/mol. The number of aryl methyl sites for hydroxylation is 1. The van der Waals surface area contributed by atoms with E-state index >= 15 is 0 Å². The van der Waals surface area contributed by atoms with Gasteiger partial charge in [-0.15, -0.1) is 0 Å². The van der Waals surface area contributed by atoms with E-state index in [0.29, 0.717) is 0 Å². The van der Waals surface area contributed by atoms with Gasteiger partial charge in [-0.3, -0.25) is 0 Å². The van der Waals surface area contributed by atoms with Gasteiger partial charge in [-0.05, 0) is 41.3 Å². The van der Waals surface area contributed by atoms with Crippen LogP contribution in [0.15, 0.2) is 78.3 Å². The Morgan fingerprint density at radius 3 is 2.76 bits per heavy atom. The molecule has 0 aliphatic heterocycles. The smallest absolute Gasteiger partial charge is 0.0393 e. The van der Waals surface area contributed by atoms with Gasteiger partial charge in [0.15, 0.2) is 0 Å². The molecule has 0 saturated heterocycles. The summed E-state index contributed by atoms with van der Waals surface area (Å²) >= 11 is 0. The van der Waals surface area contributed by atoms with Crippen LogP contribution in [-0.2, 0) is 0 Å². The summed E-state index contributed by atoms with van der Waals surface area (Å²) in [7, 11) is 0. The van der Waals surface area contributed by atoms with Crippen molar-refractivity contribution in [1.82, 2.24) is 0 Å². The van der Waals surface area contributed by atoms with Gasteiger partial charge in [0.25, 0.3) is 0 Å². The van der Waals surface area contributed by atoms with Gasteiger partial charge in [0.2, 0.25) is 0 Å². The predicted octanol–water partition coefficient (Wildman–Crippen LogP) is 4.37. The Morgan fingerprint density at radius 1 is 1.29 bits per heavy atom. The van der Waals surface area contributed by atoms with E-state index in [1.165, 1.54) is 5.56 Å². The summed E-state index contributed by atoms with van der Waals surface area (Å²) in [5, 5.41) is 0. The van der Waals surface area contributed by atoms with Crippen LogP contribution in [0.1, 0.15) is 11.1 Å². The third kappa shape index (κ3) is 2.14. The Bertz CT molecular complexity index is 611. The molecule has 0 fully saturated rings. The molecule has 1 aromatic rings. The lowest BCUT2D eigenvalue weighted by Gasteiger charge is -2.12. The van der Waals surface area contributed by atoms with Crippen LogP contribution in [0, 0.1) is 6.92 Å². The van der Waals surface area contributed by atoms with Crippen LogP contribution >= 0.6 is 0 Å². The zero-order valence-electron chi connectivity index (χ0n) is 9.96. The lowest BCUT2D eigenvalue weighted by molar-refractivity contribution is 1.41. The Labute approximate surface area is 102 Å². The van der Waals surface area contributed by atoms with Crippen molar-refractivity contribution in [2.75, 3.05) is 0 Å². The van der Waals surface area contributed by atoms with Gasteiger partial charge in [0.1, 0.15) is 0 Å². The molecule has 0 aromatic heterocycles. The van der Waals surface area contributed by atoms with Crippen molar-refractivity contribution < 1.29 is 0 Å². The van der Waals surface area contributed by atoms with Crippen molar-refractivity contribution in [1.29, 1.82) is 0 Å². The quantitative estimate of drug-likeness (QED) is 0.661. The minimum Gasteiger partial charge on any atom is -0.0984 e. The molecule has 0 atom stereocenters. The molecule has 1 aliphatic carbocycles. The second-order valence-electron chi connectivity index (χ2n) is 3.93. The highest BCUT2D eigenvalue weighted by Crippen LogP contribution is 2.29. The van der Waals surface area contributed by atoms with E-state index in [1.807, 2.05) is 30.4 Å². The largest absolute Gasteiger partial charge is 0.0984 e. The fourth-order valence-electron chi connectivity index (χ4n) is 1.87. The molecule has 0 saturated carbocycles. The lowest BCUT2D eigenvalue weighted by Crippen LogP contribution is -1.94. The summed E-state index contributed by atoms with van der Waals surface area (Å²) in [5.74, 6) is 0. The fraction of sp³-hybridized carbons (Fsp3) is 0.0588. The van der Waals surface area contributed by atoms with E-state index in [4.69, 9.17) is 0 Å². The molecule has 0 N–H and O–H groups in total. The first kappa shape index (κ1) is 11.2. The number of rotatable bonds is 3. The average molecular weight is 218 g/mol. The number of hydrogen-bond donors (Lipinski definition) is 0.